The number of halogens is 1. The standard InChI is InChI=1S/C20H13ClN2O4/c1-10-2-3-11-8-14(19(21)22-15(11)6-10)18-9-16(23-27-18)12-4-5-17(24)13(7-12)20(25)26/h2-9,24H,1H3,(H,25,26). The van der Waals surface area contributed by atoms with Crippen LogP contribution in [-0.4, -0.2) is 26.3 Å². The van der Waals surface area contributed by atoms with E-state index < -0.39 is 5.97 Å². The second-order valence-corrected chi connectivity index (χ2v) is 6.49. The molecule has 6 nitrogen and oxygen atoms in total. The molecular weight excluding hydrogens is 368 g/mol. The van der Waals surface area contributed by atoms with Crippen molar-refractivity contribution in [2.45, 2.75) is 6.92 Å². The number of carbonyl (C=O) groups is 1. The molecule has 2 N–H and O–H groups in total. The number of aromatic carboxylic acids is 1. The van der Waals surface area contributed by atoms with E-state index in [1.54, 1.807) is 12.1 Å². The summed E-state index contributed by atoms with van der Waals surface area (Å²) in [5, 5.41) is 24.0. The van der Waals surface area contributed by atoms with E-state index in [0.29, 0.717) is 22.6 Å². The molecule has 4 aromatic rings. The summed E-state index contributed by atoms with van der Waals surface area (Å²) in [6.07, 6.45) is 0. The van der Waals surface area contributed by atoms with Crippen molar-refractivity contribution in [1.82, 2.24) is 10.1 Å². The number of aromatic nitrogens is 2. The molecular formula is C20H13ClN2O4. The Kier molecular flexibility index (Phi) is 4.05. The molecule has 2 heterocycles. The summed E-state index contributed by atoms with van der Waals surface area (Å²) in [6, 6.07) is 13.6. The molecule has 0 radical (unpaired) electrons. The van der Waals surface area contributed by atoms with Crippen LogP contribution in [0.1, 0.15) is 15.9 Å². The van der Waals surface area contributed by atoms with Gasteiger partial charge in [-0.15, -0.1) is 0 Å². The Balaban J connectivity index is 1.78. The minimum absolute atomic E-state index is 0.210. The van der Waals surface area contributed by atoms with E-state index in [9.17, 15) is 9.90 Å². The number of nitrogens with zero attached hydrogens (tertiary/aromatic N) is 2. The topological polar surface area (TPSA) is 96.5 Å². The normalized spacial score (nSPS) is 11.0. The van der Waals surface area contributed by atoms with E-state index in [1.807, 2.05) is 31.2 Å². The fourth-order valence-electron chi connectivity index (χ4n) is 2.83. The summed E-state index contributed by atoms with van der Waals surface area (Å²) in [5.74, 6) is -1.13. The third-order valence-corrected chi connectivity index (χ3v) is 4.51. The van der Waals surface area contributed by atoms with E-state index in [0.717, 1.165) is 16.5 Å². The number of aromatic hydroxyl groups is 1. The molecule has 0 amide bonds. The zero-order valence-electron chi connectivity index (χ0n) is 14.1. The average Bonchev–Trinajstić information content (AvgIpc) is 3.11. The van der Waals surface area contributed by atoms with Crippen LogP contribution in [0.3, 0.4) is 0 Å². The number of aryl methyl sites for hydroxylation is 1. The molecule has 4 rings (SSSR count). The molecule has 0 fully saturated rings. The number of hydrogen-bond acceptors (Lipinski definition) is 5. The fourth-order valence-corrected chi connectivity index (χ4v) is 3.07. The van der Waals surface area contributed by atoms with E-state index in [2.05, 4.69) is 10.1 Å². The zero-order valence-corrected chi connectivity index (χ0v) is 14.9. The van der Waals surface area contributed by atoms with Crippen molar-refractivity contribution < 1.29 is 19.5 Å². The monoisotopic (exact) mass is 380 g/mol. The summed E-state index contributed by atoms with van der Waals surface area (Å²) in [4.78, 5) is 15.6. The molecule has 0 saturated heterocycles. The van der Waals surface area contributed by atoms with Gasteiger partial charge in [0.15, 0.2) is 5.76 Å². The van der Waals surface area contributed by atoms with Gasteiger partial charge in [0.1, 0.15) is 22.2 Å². The summed E-state index contributed by atoms with van der Waals surface area (Å²) in [6.45, 7) is 1.98. The second-order valence-electron chi connectivity index (χ2n) is 6.14. The lowest BCUT2D eigenvalue weighted by atomic mass is 10.1. The average molecular weight is 381 g/mol. The highest BCUT2D eigenvalue weighted by Gasteiger charge is 2.16. The number of pyridine rings is 1. The van der Waals surface area contributed by atoms with Gasteiger partial charge in [-0.3, -0.25) is 0 Å². The van der Waals surface area contributed by atoms with Crippen LogP contribution in [0.5, 0.6) is 5.75 Å². The molecule has 7 heteroatoms. The zero-order chi connectivity index (χ0) is 19.1. The summed E-state index contributed by atoms with van der Waals surface area (Å²) >= 11 is 6.32. The highest BCUT2D eigenvalue weighted by atomic mass is 35.5. The summed E-state index contributed by atoms with van der Waals surface area (Å²) < 4.78 is 5.40. The molecule has 0 unspecified atom stereocenters. The minimum atomic E-state index is -1.23. The minimum Gasteiger partial charge on any atom is -0.507 e. The van der Waals surface area contributed by atoms with Crippen molar-refractivity contribution in [2.75, 3.05) is 0 Å². The number of phenols is 1. The molecule has 2 aromatic carbocycles. The Morgan fingerprint density at radius 3 is 2.70 bits per heavy atom. The van der Waals surface area contributed by atoms with Crippen LogP contribution in [0.2, 0.25) is 5.15 Å². The Labute approximate surface area is 158 Å². The molecule has 0 saturated carbocycles. The Hall–Kier alpha value is -3.38. The number of benzene rings is 2. The van der Waals surface area contributed by atoms with Crippen molar-refractivity contribution in [3.63, 3.8) is 0 Å². The summed E-state index contributed by atoms with van der Waals surface area (Å²) in [5.41, 5.74) is 3.17. The van der Waals surface area contributed by atoms with Crippen LogP contribution < -0.4 is 0 Å². The van der Waals surface area contributed by atoms with Crippen LogP contribution >= 0.6 is 11.6 Å². The largest absolute Gasteiger partial charge is 0.507 e. The quantitative estimate of drug-likeness (QED) is 0.489. The van der Waals surface area contributed by atoms with Gasteiger partial charge in [-0.1, -0.05) is 28.9 Å². The van der Waals surface area contributed by atoms with Crippen LogP contribution in [0.15, 0.2) is 53.1 Å². The number of carboxylic acid groups (broad SMARTS) is 1. The van der Waals surface area contributed by atoms with Crippen molar-refractivity contribution >= 4 is 28.5 Å². The molecule has 27 heavy (non-hydrogen) atoms. The first kappa shape index (κ1) is 17.1. The van der Waals surface area contributed by atoms with Gasteiger partial charge < -0.3 is 14.7 Å². The molecule has 2 aromatic heterocycles. The maximum atomic E-state index is 11.2. The SMILES string of the molecule is Cc1ccc2cc(-c3cc(-c4ccc(O)c(C(=O)O)c4)no3)c(Cl)nc2c1. The van der Waals surface area contributed by atoms with Crippen molar-refractivity contribution in [3.8, 4) is 28.3 Å². The van der Waals surface area contributed by atoms with Gasteiger partial charge in [-0.2, -0.15) is 0 Å². The first-order chi connectivity index (χ1) is 12.9. The van der Waals surface area contributed by atoms with Gasteiger partial charge >= 0.3 is 5.97 Å². The van der Waals surface area contributed by atoms with Gasteiger partial charge in [0.25, 0.3) is 0 Å². The lowest BCUT2D eigenvalue weighted by molar-refractivity contribution is 0.0694. The highest BCUT2D eigenvalue weighted by molar-refractivity contribution is 6.32. The van der Waals surface area contributed by atoms with Gasteiger partial charge in [-0.05, 0) is 42.8 Å². The number of rotatable bonds is 3. The Morgan fingerprint density at radius 1 is 1.11 bits per heavy atom. The first-order valence-electron chi connectivity index (χ1n) is 8.03. The van der Waals surface area contributed by atoms with Gasteiger partial charge in [0.05, 0.1) is 11.1 Å². The number of hydrogen-bond donors (Lipinski definition) is 2. The van der Waals surface area contributed by atoms with E-state index in [1.165, 1.54) is 12.1 Å². The predicted molar refractivity (Wildman–Crippen MR) is 101 cm³/mol. The molecule has 0 atom stereocenters. The Morgan fingerprint density at radius 2 is 1.93 bits per heavy atom. The van der Waals surface area contributed by atoms with Crippen molar-refractivity contribution in [1.29, 1.82) is 0 Å². The Bertz CT molecular complexity index is 1200. The van der Waals surface area contributed by atoms with Gasteiger partial charge in [0.2, 0.25) is 0 Å². The molecule has 0 aliphatic heterocycles. The van der Waals surface area contributed by atoms with E-state index in [4.69, 9.17) is 21.2 Å². The van der Waals surface area contributed by atoms with E-state index in [-0.39, 0.29) is 16.5 Å². The number of carboxylic acids is 1. The third kappa shape index (κ3) is 3.11. The van der Waals surface area contributed by atoms with Crippen molar-refractivity contribution in [3.05, 3.63) is 64.8 Å². The van der Waals surface area contributed by atoms with Crippen LogP contribution in [0.25, 0.3) is 33.5 Å². The maximum absolute atomic E-state index is 11.2. The van der Waals surface area contributed by atoms with Crippen LogP contribution in [0.4, 0.5) is 0 Å². The first-order valence-corrected chi connectivity index (χ1v) is 8.41. The van der Waals surface area contributed by atoms with Crippen molar-refractivity contribution in [2.24, 2.45) is 0 Å². The third-order valence-electron chi connectivity index (χ3n) is 4.22. The molecule has 0 spiro atoms. The predicted octanol–water partition coefficient (Wildman–Crippen LogP) is 4.92. The van der Waals surface area contributed by atoms with Gasteiger partial charge in [-0.25, -0.2) is 9.78 Å². The van der Waals surface area contributed by atoms with Crippen LogP contribution in [-0.2, 0) is 0 Å². The smallest absolute Gasteiger partial charge is 0.339 e. The van der Waals surface area contributed by atoms with E-state index >= 15 is 0 Å². The number of fused-ring (bicyclic) bond motifs is 1. The highest BCUT2D eigenvalue weighted by Crippen LogP contribution is 2.33. The lowest BCUT2D eigenvalue weighted by Crippen LogP contribution is -1.97. The van der Waals surface area contributed by atoms with Gasteiger partial charge in [0, 0.05) is 17.0 Å². The molecule has 0 aliphatic rings. The maximum Gasteiger partial charge on any atom is 0.339 e. The second kappa shape index (κ2) is 6.41. The summed E-state index contributed by atoms with van der Waals surface area (Å²) in [7, 11) is 0. The fraction of sp³-hybridized carbons (Fsp3) is 0.0500. The molecule has 0 bridgehead atoms. The van der Waals surface area contributed by atoms with Crippen LogP contribution in [0, 0.1) is 6.92 Å². The molecule has 0 aliphatic carbocycles. The molecule has 134 valence electrons. The lowest BCUT2D eigenvalue weighted by Gasteiger charge is -2.04.